The number of ether oxygens (including phenoxy) is 2. The van der Waals surface area contributed by atoms with Crippen molar-refractivity contribution >= 4 is 17.4 Å². The Morgan fingerprint density at radius 1 is 1.09 bits per heavy atom. The number of Topliss-reactive ketones (excluding diaryl/α,β-unsaturated/α-hetero) is 1. The number of para-hydroxylation sites is 1. The SMILES string of the molecule is CCCCN1C(=O)C(=O)/C(=C(/O)c2ccc(OCC)c(C(C)C)c2)C1c1ccccc1OC. The number of carbonyl (C=O) groups is 2. The van der Waals surface area contributed by atoms with Gasteiger partial charge < -0.3 is 19.5 Å². The van der Waals surface area contributed by atoms with E-state index in [1.165, 1.54) is 0 Å². The maximum atomic E-state index is 13.2. The summed E-state index contributed by atoms with van der Waals surface area (Å²) in [6.45, 7) is 8.98. The Balaban J connectivity index is 2.21. The van der Waals surface area contributed by atoms with E-state index >= 15 is 0 Å². The molecular weight excluding hydrogens is 418 g/mol. The first-order valence-corrected chi connectivity index (χ1v) is 11.5. The third-order valence-corrected chi connectivity index (χ3v) is 5.93. The predicted molar refractivity (Wildman–Crippen MR) is 129 cm³/mol. The van der Waals surface area contributed by atoms with Crippen molar-refractivity contribution in [3.8, 4) is 11.5 Å². The number of hydrogen-bond acceptors (Lipinski definition) is 5. The Labute approximate surface area is 195 Å². The summed E-state index contributed by atoms with van der Waals surface area (Å²) in [7, 11) is 1.55. The van der Waals surface area contributed by atoms with Crippen molar-refractivity contribution in [3.63, 3.8) is 0 Å². The van der Waals surface area contributed by atoms with Gasteiger partial charge in [0.05, 0.1) is 25.3 Å². The molecule has 6 heteroatoms. The third-order valence-electron chi connectivity index (χ3n) is 5.93. The van der Waals surface area contributed by atoms with Gasteiger partial charge in [0, 0.05) is 17.7 Å². The quantitative estimate of drug-likeness (QED) is 0.312. The molecule has 2 aromatic rings. The van der Waals surface area contributed by atoms with Crippen LogP contribution in [0.1, 0.15) is 69.2 Å². The molecule has 1 aliphatic rings. The molecule has 176 valence electrons. The fraction of sp³-hybridized carbons (Fsp3) is 0.407. The Hall–Kier alpha value is -3.28. The van der Waals surface area contributed by atoms with Crippen molar-refractivity contribution in [1.29, 1.82) is 0 Å². The van der Waals surface area contributed by atoms with Gasteiger partial charge in [-0.2, -0.15) is 0 Å². The van der Waals surface area contributed by atoms with E-state index in [2.05, 4.69) is 0 Å². The Morgan fingerprint density at radius 2 is 1.82 bits per heavy atom. The summed E-state index contributed by atoms with van der Waals surface area (Å²) in [5, 5.41) is 11.4. The lowest BCUT2D eigenvalue weighted by Crippen LogP contribution is -2.30. The van der Waals surface area contributed by atoms with Crippen molar-refractivity contribution in [2.75, 3.05) is 20.3 Å². The van der Waals surface area contributed by atoms with Crippen LogP contribution in [0.3, 0.4) is 0 Å². The number of aliphatic hydroxyl groups excluding tert-OH is 1. The minimum absolute atomic E-state index is 0.0828. The lowest BCUT2D eigenvalue weighted by molar-refractivity contribution is -0.139. The number of carbonyl (C=O) groups excluding carboxylic acids is 2. The van der Waals surface area contributed by atoms with Crippen LogP contribution >= 0.6 is 0 Å². The van der Waals surface area contributed by atoms with E-state index in [1.54, 1.807) is 30.2 Å². The minimum Gasteiger partial charge on any atom is -0.507 e. The van der Waals surface area contributed by atoms with Crippen LogP contribution in [0.2, 0.25) is 0 Å². The summed E-state index contributed by atoms with van der Waals surface area (Å²) in [5.41, 5.74) is 2.16. The Kier molecular flexibility index (Phi) is 7.79. The van der Waals surface area contributed by atoms with Gasteiger partial charge in [0.2, 0.25) is 0 Å². The first-order chi connectivity index (χ1) is 15.8. The normalized spacial score (nSPS) is 17.6. The molecule has 1 unspecified atom stereocenters. The first-order valence-electron chi connectivity index (χ1n) is 11.5. The molecule has 3 rings (SSSR count). The van der Waals surface area contributed by atoms with Crippen LogP contribution in [0.5, 0.6) is 11.5 Å². The number of benzene rings is 2. The van der Waals surface area contributed by atoms with Crippen LogP contribution in [0, 0.1) is 0 Å². The number of aliphatic hydroxyl groups is 1. The standard InChI is InChI=1S/C27H33NO5/c1-6-8-15-28-24(19-11-9-10-12-21(19)32-5)23(26(30)27(28)31)25(29)18-13-14-22(33-7-2)20(16-18)17(3)4/h9-14,16-17,24,29H,6-8,15H2,1-5H3/b25-23+. The molecular formula is C27H33NO5. The van der Waals surface area contributed by atoms with E-state index in [9.17, 15) is 14.7 Å². The second kappa shape index (κ2) is 10.6. The zero-order chi connectivity index (χ0) is 24.1. The second-order valence-electron chi connectivity index (χ2n) is 8.43. The molecule has 6 nitrogen and oxygen atoms in total. The zero-order valence-corrected chi connectivity index (χ0v) is 20.1. The van der Waals surface area contributed by atoms with E-state index in [0.29, 0.717) is 30.0 Å². The number of amides is 1. The summed E-state index contributed by atoms with van der Waals surface area (Å²) >= 11 is 0. The van der Waals surface area contributed by atoms with E-state index in [0.717, 1.165) is 24.2 Å². The molecule has 0 spiro atoms. The molecule has 1 atom stereocenters. The number of unbranched alkanes of at least 4 members (excludes halogenated alkanes) is 1. The smallest absolute Gasteiger partial charge is 0.295 e. The monoisotopic (exact) mass is 451 g/mol. The molecule has 1 N–H and O–H groups in total. The van der Waals surface area contributed by atoms with Crippen molar-refractivity contribution in [2.24, 2.45) is 0 Å². The Bertz CT molecular complexity index is 1060. The van der Waals surface area contributed by atoms with Gasteiger partial charge in [-0.15, -0.1) is 0 Å². The molecule has 1 fully saturated rings. The molecule has 0 bridgehead atoms. The van der Waals surface area contributed by atoms with Crippen LogP contribution in [-0.2, 0) is 9.59 Å². The van der Waals surface area contributed by atoms with Gasteiger partial charge in [-0.05, 0) is 49.1 Å². The highest BCUT2D eigenvalue weighted by atomic mass is 16.5. The van der Waals surface area contributed by atoms with Crippen LogP contribution < -0.4 is 9.47 Å². The lowest BCUT2D eigenvalue weighted by Gasteiger charge is -2.26. The van der Waals surface area contributed by atoms with Crippen molar-refractivity contribution in [1.82, 2.24) is 4.90 Å². The van der Waals surface area contributed by atoms with Crippen LogP contribution in [0.25, 0.3) is 5.76 Å². The van der Waals surface area contributed by atoms with Crippen LogP contribution in [-0.4, -0.2) is 42.0 Å². The van der Waals surface area contributed by atoms with Gasteiger partial charge in [-0.1, -0.05) is 45.4 Å². The summed E-state index contributed by atoms with van der Waals surface area (Å²) in [5.74, 6) is -0.0139. The molecule has 0 aliphatic carbocycles. The average Bonchev–Trinajstić information content (AvgIpc) is 3.07. The third kappa shape index (κ3) is 4.75. The van der Waals surface area contributed by atoms with Gasteiger partial charge in [-0.25, -0.2) is 0 Å². The van der Waals surface area contributed by atoms with Gasteiger partial charge in [0.1, 0.15) is 17.3 Å². The molecule has 1 amide bonds. The molecule has 33 heavy (non-hydrogen) atoms. The number of ketones is 1. The fourth-order valence-corrected chi connectivity index (χ4v) is 4.24. The molecule has 1 heterocycles. The van der Waals surface area contributed by atoms with Crippen molar-refractivity contribution < 1.29 is 24.2 Å². The molecule has 1 saturated heterocycles. The molecule has 0 aromatic heterocycles. The Morgan fingerprint density at radius 3 is 2.45 bits per heavy atom. The molecule has 0 saturated carbocycles. The second-order valence-corrected chi connectivity index (χ2v) is 8.43. The van der Waals surface area contributed by atoms with E-state index in [-0.39, 0.29) is 17.3 Å². The highest BCUT2D eigenvalue weighted by Gasteiger charge is 2.46. The number of hydrogen-bond donors (Lipinski definition) is 1. The fourth-order valence-electron chi connectivity index (χ4n) is 4.24. The van der Waals surface area contributed by atoms with E-state index < -0.39 is 17.7 Å². The summed E-state index contributed by atoms with van der Waals surface area (Å²) in [6, 6.07) is 11.9. The van der Waals surface area contributed by atoms with Gasteiger partial charge >= 0.3 is 0 Å². The molecule has 0 radical (unpaired) electrons. The maximum Gasteiger partial charge on any atom is 0.295 e. The lowest BCUT2D eigenvalue weighted by atomic mass is 9.92. The highest BCUT2D eigenvalue weighted by Crippen LogP contribution is 2.43. The van der Waals surface area contributed by atoms with Crippen molar-refractivity contribution in [3.05, 3.63) is 64.7 Å². The number of nitrogens with zero attached hydrogens (tertiary/aromatic N) is 1. The molecule has 1 aliphatic heterocycles. The summed E-state index contributed by atoms with van der Waals surface area (Å²) in [6.07, 6.45) is 1.62. The van der Waals surface area contributed by atoms with Crippen LogP contribution in [0.4, 0.5) is 0 Å². The maximum absolute atomic E-state index is 13.2. The largest absolute Gasteiger partial charge is 0.507 e. The van der Waals surface area contributed by atoms with Crippen LogP contribution in [0.15, 0.2) is 48.0 Å². The minimum atomic E-state index is -0.721. The summed E-state index contributed by atoms with van der Waals surface area (Å²) in [4.78, 5) is 27.8. The first kappa shape index (κ1) is 24.4. The van der Waals surface area contributed by atoms with E-state index in [1.807, 2.05) is 52.0 Å². The van der Waals surface area contributed by atoms with Gasteiger partial charge in [0.15, 0.2) is 0 Å². The highest BCUT2D eigenvalue weighted by molar-refractivity contribution is 6.46. The topological polar surface area (TPSA) is 76.1 Å². The summed E-state index contributed by atoms with van der Waals surface area (Å²) < 4.78 is 11.3. The van der Waals surface area contributed by atoms with Crippen molar-refractivity contribution in [2.45, 2.75) is 52.5 Å². The zero-order valence-electron chi connectivity index (χ0n) is 20.1. The predicted octanol–water partition coefficient (Wildman–Crippen LogP) is 5.44. The average molecular weight is 452 g/mol. The number of rotatable bonds is 9. The number of likely N-dealkylation sites (tertiary alicyclic amines) is 1. The van der Waals surface area contributed by atoms with Gasteiger partial charge in [0.25, 0.3) is 11.7 Å². The van der Waals surface area contributed by atoms with E-state index in [4.69, 9.17) is 9.47 Å². The van der Waals surface area contributed by atoms with Gasteiger partial charge in [-0.3, -0.25) is 9.59 Å². The number of methoxy groups -OCH3 is 1. The molecule has 2 aromatic carbocycles.